The Morgan fingerprint density at radius 2 is 2.00 bits per heavy atom. The lowest BCUT2D eigenvalue weighted by molar-refractivity contribution is 0.408. The van der Waals surface area contributed by atoms with E-state index < -0.39 is 5.82 Å². The Bertz CT molecular complexity index is 555. The minimum Gasteiger partial charge on any atom is -0.421 e. The lowest BCUT2D eigenvalue weighted by Gasteiger charge is -2.07. The van der Waals surface area contributed by atoms with E-state index in [2.05, 4.69) is 9.97 Å². The van der Waals surface area contributed by atoms with E-state index in [4.69, 9.17) is 10.5 Å². The van der Waals surface area contributed by atoms with Crippen molar-refractivity contribution in [3.05, 3.63) is 47.5 Å². The quantitative estimate of drug-likeness (QED) is 0.919. The average molecular weight is 261 g/mol. The Morgan fingerprint density at radius 1 is 1.32 bits per heavy atom. The number of ether oxygens (including phenoxy) is 1. The predicted molar refractivity (Wildman–Crippen MR) is 70.6 cm³/mol. The molecule has 4 nitrogen and oxygen atoms in total. The Hall–Kier alpha value is -2.01. The summed E-state index contributed by atoms with van der Waals surface area (Å²) in [5, 5.41) is 0. The summed E-state index contributed by atoms with van der Waals surface area (Å²) in [5.74, 6) is -0.273. The monoisotopic (exact) mass is 261 g/mol. The zero-order valence-electron chi connectivity index (χ0n) is 10.9. The molecule has 0 spiro atoms. The summed E-state index contributed by atoms with van der Waals surface area (Å²) in [7, 11) is 0. The van der Waals surface area contributed by atoms with E-state index in [1.165, 1.54) is 0 Å². The third-order valence-electron chi connectivity index (χ3n) is 2.60. The van der Waals surface area contributed by atoms with Gasteiger partial charge in [0.1, 0.15) is 0 Å². The molecule has 0 amide bonds. The number of halogens is 1. The van der Waals surface area contributed by atoms with Gasteiger partial charge in [-0.2, -0.15) is 0 Å². The fraction of sp³-hybridized carbons (Fsp3) is 0.286. The van der Waals surface area contributed by atoms with Crippen molar-refractivity contribution in [2.45, 2.75) is 26.3 Å². The molecular weight excluding hydrogens is 245 g/mol. The van der Waals surface area contributed by atoms with Crippen molar-refractivity contribution in [1.29, 1.82) is 0 Å². The van der Waals surface area contributed by atoms with Gasteiger partial charge in [0.25, 0.3) is 0 Å². The largest absolute Gasteiger partial charge is 0.421 e. The normalized spacial score (nSPS) is 12.2. The summed E-state index contributed by atoms with van der Waals surface area (Å²) in [4.78, 5) is 8.08. The Labute approximate surface area is 111 Å². The highest BCUT2D eigenvalue weighted by atomic mass is 19.1. The first-order chi connectivity index (χ1) is 9.06. The van der Waals surface area contributed by atoms with E-state index in [0.717, 1.165) is 5.56 Å². The van der Waals surface area contributed by atoms with Crippen molar-refractivity contribution in [3.63, 3.8) is 0 Å². The minimum absolute atomic E-state index is 0.0459. The fourth-order valence-electron chi connectivity index (χ4n) is 1.67. The highest BCUT2D eigenvalue weighted by molar-refractivity contribution is 5.32. The predicted octanol–water partition coefficient (Wildman–Crippen LogP) is 2.61. The van der Waals surface area contributed by atoms with Crippen LogP contribution in [-0.4, -0.2) is 16.0 Å². The Balaban J connectivity index is 2.13. The number of nitrogens with zero attached hydrogens (tertiary/aromatic N) is 2. The molecule has 0 aliphatic carbocycles. The number of aryl methyl sites for hydroxylation is 1. The first kappa shape index (κ1) is 13.4. The van der Waals surface area contributed by atoms with Crippen molar-refractivity contribution in [2.75, 3.05) is 0 Å². The van der Waals surface area contributed by atoms with Gasteiger partial charge in [-0.05, 0) is 37.5 Å². The summed E-state index contributed by atoms with van der Waals surface area (Å²) in [5.41, 5.74) is 7.13. The number of aromatic nitrogens is 2. The molecule has 0 saturated carbocycles. The van der Waals surface area contributed by atoms with Crippen LogP contribution in [0.2, 0.25) is 0 Å². The zero-order valence-corrected chi connectivity index (χ0v) is 10.9. The van der Waals surface area contributed by atoms with Gasteiger partial charge in [0.05, 0.1) is 0 Å². The molecule has 19 heavy (non-hydrogen) atoms. The smallest absolute Gasteiger partial charge is 0.321 e. The summed E-state index contributed by atoms with van der Waals surface area (Å²) in [6.07, 6.45) is 3.97. The third-order valence-corrected chi connectivity index (χ3v) is 2.60. The molecule has 0 fully saturated rings. The van der Waals surface area contributed by atoms with Gasteiger partial charge in [-0.15, -0.1) is 0 Å². The van der Waals surface area contributed by atoms with Crippen LogP contribution in [-0.2, 0) is 6.42 Å². The van der Waals surface area contributed by atoms with Crippen molar-refractivity contribution in [3.8, 4) is 11.8 Å². The molecule has 0 aliphatic rings. The zero-order chi connectivity index (χ0) is 13.8. The van der Waals surface area contributed by atoms with Crippen molar-refractivity contribution in [2.24, 2.45) is 5.73 Å². The van der Waals surface area contributed by atoms with Crippen LogP contribution >= 0.6 is 0 Å². The van der Waals surface area contributed by atoms with E-state index in [1.54, 1.807) is 37.5 Å². The highest BCUT2D eigenvalue weighted by Gasteiger charge is 2.08. The van der Waals surface area contributed by atoms with Crippen LogP contribution in [0.25, 0.3) is 0 Å². The lowest BCUT2D eigenvalue weighted by Crippen LogP contribution is -2.17. The molecule has 2 N–H and O–H groups in total. The number of nitrogens with two attached hydrogens (primary N) is 1. The minimum atomic E-state index is -0.397. The maximum Gasteiger partial charge on any atom is 0.321 e. The maximum absolute atomic E-state index is 13.7. The van der Waals surface area contributed by atoms with Crippen LogP contribution in [0.15, 0.2) is 30.6 Å². The molecule has 2 aromatic rings. The van der Waals surface area contributed by atoms with Crippen LogP contribution in [0.4, 0.5) is 4.39 Å². The van der Waals surface area contributed by atoms with Gasteiger partial charge in [-0.3, -0.25) is 0 Å². The topological polar surface area (TPSA) is 61.0 Å². The summed E-state index contributed by atoms with van der Waals surface area (Å²) in [6.45, 7) is 3.58. The second kappa shape index (κ2) is 5.75. The first-order valence-corrected chi connectivity index (χ1v) is 6.05. The number of rotatable bonds is 4. The van der Waals surface area contributed by atoms with Crippen molar-refractivity contribution >= 4 is 0 Å². The first-order valence-electron chi connectivity index (χ1n) is 6.05. The van der Waals surface area contributed by atoms with Crippen LogP contribution in [0.3, 0.4) is 0 Å². The third kappa shape index (κ3) is 3.48. The van der Waals surface area contributed by atoms with Crippen molar-refractivity contribution < 1.29 is 9.13 Å². The highest BCUT2D eigenvalue weighted by Crippen LogP contribution is 2.23. The fourth-order valence-corrected chi connectivity index (χ4v) is 1.67. The molecule has 1 aromatic heterocycles. The van der Waals surface area contributed by atoms with E-state index in [1.807, 2.05) is 6.92 Å². The molecule has 0 saturated heterocycles. The van der Waals surface area contributed by atoms with Crippen LogP contribution < -0.4 is 10.5 Å². The molecule has 1 atom stereocenters. The summed E-state index contributed by atoms with van der Waals surface area (Å²) in [6, 6.07) is 5.11. The van der Waals surface area contributed by atoms with E-state index in [9.17, 15) is 4.39 Å². The molecule has 1 aromatic carbocycles. The Kier molecular flexibility index (Phi) is 4.06. The van der Waals surface area contributed by atoms with Gasteiger partial charge in [-0.1, -0.05) is 12.1 Å². The van der Waals surface area contributed by atoms with E-state index in [0.29, 0.717) is 12.0 Å². The standard InChI is InChI=1S/C14H16FN3O/c1-9-4-3-5-12(13(9)15)19-14-17-7-11(8-18-14)6-10(2)16/h3-5,7-8,10H,6,16H2,1-2H3. The molecule has 2 rings (SSSR count). The molecule has 5 heteroatoms. The average Bonchev–Trinajstić information content (AvgIpc) is 2.37. The number of benzene rings is 1. The summed E-state index contributed by atoms with van der Waals surface area (Å²) >= 11 is 0. The molecule has 0 radical (unpaired) electrons. The molecule has 1 unspecified atom stereocenters. The van der Waals surface area contributed by atoms with Crippen molar-refractivity contribution in [1.82, 2.24) is 9.97 Å². The van der Waals surface area contributed by atoms with Gasteiger partial charge in [0.15, 0.2) is 11.6 Å². The molecule has 100 valence electrons. The van der Waals surface area contributed by atoms with E-state index in [-0.39, 0.29) is 17.8 Å². The molecular formula is C14H16FN3O. The molecule has 0 bridgehead atoms. The lowest BCUT2D eigenvalue weighted by atomic mass is 10.1. The summed E-state index contributed by atoms with van der Waals surface area (Å²) < 4.78 is 19.1. The Morgan fingerprint density at radius 3 is 2.63 bits per heavy atom. The van der Waals surface area contributed by atoms with Gasteiger partial charge in [0, 0.05) is 18.4 Å². The van der Waals surface area contributed by atoms with Gasteiger partial charge in [0.2, 0.25) is 0 Å². The van der Waals surface area contributed by atoms with E-state index >= 15 is 0 Å². The maximum atomic E-state index is 13.7. The van der Waals surface area contributed by atoms with Gasteiger partial charge < -0.3 is 10.5 Å². The van der Waals surface area contributed by atoms with Gasteiger partial charge in [-0.25, -0.2) is 14.4 Å². The van der Waals surface area contributed by atoms with Crippen LogP contribution in [0.5, 0.6) is 11.8 Å². The second-order valence-corrected chi connectivity index (χ2v) is 4.54. The van der Waals surface area contributed by atoms with Crippen LogP contribution in [0, 0.1) is 12.7 Å². The van der Waals surface area contributed by atoms with Crippen LogP contribution in [0.1, 0.15) is 18.1 Å². The number of hydrogen-bond donors (Lipinski definition) is 1. The molecule has 1 heterocycles. The number of hydrogen-bond acceptors (Lipinski definition) is 4. The molecule has 0 aliphatic heterocycles. The van der Waals surface area contributed by atoms with Gasteiger partial charge >= 0.3 is 6.01 Å². The second-order valence-electron chi connectivity index (χ2n) is 4.54. The SMILES string of the molecule is Cc1cccc(Oc2ncc(CC(C)N)cn2)c1F.